The second-order valence-electron chi connectivity index (χ2n) is 10.9. The van der Waals surface area contributed by atoms with Gasteiger partial charge in [-0.2, -0.15) is 5.26 Å². The predicted molar refractivity (Wildman–Crippen MR) is 169 cm³/mol. The van der Waals surface area contributed by atoms with Crippen LogP contribution in [0.5, 0.6) is 0 Å². The quantitative estimate of drug-likeness (QED) is 0.138. The molecule has 0 spiro atoms. The van der Waals surface area contributed by atoms with E-state index in [0.717, 1.165) is 0 Å². The first kappa shape index (κ1) is 39.1. The van der Waals surface area contributed by atoms with Crippen molar-refractivity contribution in [1.29, 1.82) is 5.26 Å². The van der Waals surface area contributed by atoms with Crippen LogP contribution in [-0.4, -0.2) is 104 Å². The molecule has 264 valence electrons. The Bertz CT molecular complexity index is 1460. The van der Waals surface area contributed by atoms with Gasteiger partial charge in [0.15, 0.2) is 0 Å². The lowest BCUT2D eigenvalue weighted by atomic mass is 10.0. The van der Waals surface area contributed by atoms with Gasteiger partial charge in [-0.05, 0) is 37.0 Å². The molecule has 1 aromatic rings. The van der Waals surface area contributed by atoms with Gasteiger partial charge in [-0.25, -0.2) is 0 Å². The van der Waals surface area contributed by atoms with Gasteiger partial charge in [0.25, 0.3) is 0 Å². The van der Waals surface area contributed by atoms with Gasteiger partial charge in [0, 0.05) is 19.9 Å². The molecule has 0 saturated carbocycles. The smallest absolute Gasteiger partial charge is 0.243 e. The van der Waals surface area contributed by atoms with Crippen molar-refractivity contribution in [2.45, 2.75) is 57.2 Å². The number of carbonyl (C=O) groups is 9. The predicted octanol–water partition coefficient (Wildman–Crippen LogP) is -4.78. The lowest BCUT2D eigenvalue weighted by Crippen LogP contribution is -2.54. The fourth-order valence-corrected chi connectivity index (χ4v) is 4.37. The maximum absolute atomic E-state index is 13.1. The maximum atomic E-state index is 13.1. The number of nitrogens with zero attached hydrogens (tertiary/aromatic N) is 1. The molecule has 9 amide bonds. The van der Waals surface area contributed by atoms with Crippen LogP contribution in [0.15, 0.2) is 24.3 Å². The van der Waals surface area contributed by atoms with Crippen LogP contribution >= 0.6 is 0 Å². The van der Waals surface area contributed by atoms with Crippen molar-refractivity contribution < 1.29 is 43.2 Å². The number of nitriles is 1. The molecule has 10 N–H and O–H groups in total. The number of hydrogen-bond acceptors (Lipinski definition) is 10. The first-order chi connectivity index (χ1) is 23.3. The number of nitrogens with two attached hydrogens (primary N) is 1. The van der Waals surface area contributed by atoms with Gasteiger partial charge in [0.2, 0.25) is 53.2 Å². The van der Waals surface area contributed by atoms with Crippen molar-refractivity contribution >= 4 is 53.2 Å². The third-order valence-corrected chi connectivity index (χ3v) is 6.93. The molecule has 0 bridgehead atoms. The molecule has 49 heavy (non-hydrogen) atoms. The topological polar surface area (TPSA) is 300 Å². The highest BCUT2D eigenvalue weighted by Crippen LogP contribution is 2.07. The molecule has 1 fully saturated rings. The highest BCUT2D eigenvalue weighted by Gasteiger charge is 2.26. The fraction of sp³-hybridized carbons (Fsp3) is 0.467. The molecule has 19 nitrogen and oxygen atoms in total. The van der Waals surface area contributed by atoms with E-state index in [4.69, 9.17) is 11.0 Å². The van der Waals surface area contributed by atoms with Crippen molar-refractivity contribution in [1.82, 2.24) is 42.5 Å². The molecular formula is C30H40N10O9. The Hall–Kier alpha value is -6.06. The lowest BCUT2D eigenvalue weighted by Gasteiger charge is -2.21. The highest BCUT2D eigenvalue weighted by molar-refractivity contribution is 5.95. The third kappa shape index (κ3) is 15.4. The molecule has 0 aromatic heterocycles. The van der Waals surface area contributed by atoms with Gasteiger partial charge in [0.1, 0.15) is 18.1 Å². The number of benzene rings is 1. The molecule has 1 aromatic carbocycles. The number of amides is 9. The van der Waals surface area contributed by atoms with E-state index in [2.05, 4.69) is 42.5 Å². The summed E-state index contributed by atoms with van der Waals surface area (Å²) < 4.78 is 0. The standard InChI is InChI=1S/C30H40N10O9/c1-17(41)34-14-25(44)38-20-4-2-3-9-33-23(42)11-21(28(32)47)39-26(45)15-35-24(43)13-36-30(49)22(40-27(46)16-37-29(20)48)10-18-5-7-19(12-31)8-6-18/h5-8,20-22H,2-4,9-11,13-16H2,1H3,(H2,32,47)(H,33,42)(H,34,41)(H,35,43)(H,36,49)(H,37,48)(H,38,44)(H,39,45)(H,40,46). The van der Waals surface area contributed by atoms with Crippen molar-refractivity contribution in [3.63, 3.8) is 0 Å². The number of rotatable bonds is 6. The second-order valence-corrected chi connectivity index (χ2v) is 10.9. The lowest BCUT2D eigenvalue weighted by molar-refractivity contribution is -0.132. The monoisotopic (exact) mass is 684 g/mol. The van der Waals surface area contributed by atoms with E-state index >= 15 is 0 Å². The zero-order chi connectivity index (χ0) is 36.3. The fourth-order valence-electron chi connectivity index (χ4n) is 4.37. The number of hydrogen-bond donors (Lipinski definition) is 9. The molecule has 3 atom stereocenters. The summed E-state index contributed by atoms with van der Waals surface area (Å²) in [6, 6.07) is 4.38. The van der Waals surface area contributed by atoms with Crippen LogP contribution < -0.4 is 48.3 Å². The molecule has 0 aliphatic carbocycles. The molecule has 2 rings (SSSR count). The SMILES string of the molecule is CC(=O)NCC(=O)NC1CCCCNC(=O)CC(C(N)=O)NC(=O)CNC(=O)CNC(=O)C(Cc2ccc(C#N)cc2)NC(=O)CNC1=O. The minimum atomic E-state index is -1.38. The summed E-state index contributed by atoms with van der Waals surface area (Å²) in [7, 11) is 0. The van der Waals surface area contributed by atoms with Crippen LogP contribution in [0.3, 0.4) is 0 Å². The Kier molecular flexibility index (Phi) is 16.2. The number of nitrogens with one attached hydrogen (secondary N) is 8. The van der Waals surface area contributed by atoms with Gasteiger partial charge in [0.05, 0.1) is 44.2 Å². The third-order valence-electron chi connectivity index (χ3n) is 6.93. The highest BCUT2D eigenvalue weighted by atomic mass is 16.2. The van der Waals surface area contributed by atoms with Crippen molar-refractivity contribution in [2.24, 2.45) is 5.73 Å². The minimum Gasteiger partial charge on any atom is -0.368 e. The summed E-state index contributed by atoms with van der Waals surface area (Å²) in [5.41, 5.74) is 6.24. The van der Waals surface area contributed by atoms with Gasteiger partial charge in [-0.15, -0.1) is 0 Å². The van der Waals surface area contributed by atoms with E-state index in [1.807, 2.05) is 6.07 Å². The average Bonchev–Trinajstić information content (AvgIpc) is 3.06. The molecule has 0 radical (unpaired) electrons. The summed E-state index contributed by atoms with van der Waals surface area (Å²) in [6.45, 7) is -0.899. The molecule has 3 unspecified atom stereocenters. The van der Waals surface area contributed by atoms with Gasteiger partial charge >= 0.3 is 0 Å². The summed E-state index contributed by atoms with van der Waals surface area (Å²) in [5.74, 6) is -6.68. The first-order valence-corrected chi connectivity index (χ1v) is 15.3. The van der Waals surface area contributed by atoms with E-state index in [9.17, 15) is 43.2 Å². The normalized spacial score (nSPS) is 20.8. The molecule has 1 heterocycles. The van der Waals surface area contributed by atoms with E-state index in [1.165, 1.54) is 19.1 Å². The van der Waals surface area contributed by atoms with E-state index in [0.29, 0.717) is 24.0 Å². The minimum absolute atomic E-state index is 0.0651. The molecule has 1 aliphatic rings. The van der Waals surface area contributed by atoms with Crippen LogP contribution in [0, 0.1) is 11.3 Å². The van der Waals surface area contributed by atoms with Gasteiger partial charge < -0.3 is 48.3 Å². The largest absolute Gasteiger partial charge is 0.368 e. The summed E-state index contributed by atoms with van der Waals surface area (Å²) >= 11 is 0. The van der Waals surface area contributed by atoms with Crippen LogP contribution in [0.1, 0.15) is 43.7 Å². The molecule has 19 heteroatoms. The summed E-state index contributed by atoms with van der Waals surface area (Å²) in [6.07, 6.45) is 0.137. The van der Waals surface area contributed by atoms with Gasteiger partial charge in [-0.1, -0.05) is 12.1 Å². The maximum Gasteiger partial charge on any atom is 0.243 e. The summed E-state index contributed by atoms with van der Waals surface area (Å²) in [5, 5.41) is 28.2. The van der Waals surface area contributed by atoms with E-state index in [-0.39, 0.29) is 19.4 Å². The Morgan fingerprint density at radius 3 is 2.12 bits per heavy atom. The van der Waals surface area contributed by atoms with Crippen LogP contribution in [0.4, 0.5) is 0 Å². The van der Waals surface area contributed by atoms with Crippen LogP contribution in [-0.2, 0) is 49.6 Å². The van der Waals surface area contributed by atoms with E-state index in [1.54, 1.807) is 12.1 Å². The zero-order valence-electron chi connectivity index (χ0n) is 26.8. The van der Waals surface area contributed by atoms with Crippen molar-refractivity contribution in [3.05, 3.63) is 35.4 Å². The number of carbonyl (C=O) groups excluding carboxylic acids is 9. The number of primary amides is 1. The van der Waals surface area contributed by atoms with Crippen molar-refractivity contribution in [3.8, 4) is 6.07 Å². The van der Waals surface area contributed by atoms with Crippen molar-refractivity contribution in [2.75, 3.05) is 32.7 Å². The Morgan fingerprint density at radius 2 is 1.47 bits per heavy atom. The Balaban J connectivity index is 2.25. The second kappa shape index (κ2) is 20.2. The van der Waals surface area contributed by atoms with Crippen LogP contribution in [0.2, 0.25) is 0 Å². The summed E-state index contributed by atoms with van der Waals surface area (Å²) in [4.78, 5) is 111. The first-order valence-electron chi connectivity index (χ1n) is 15.3. The van der Waals surface area contributed by atoms with Gasteiger partial charge in [-0.3, -0.25) is 43.2 Å². The molecular weight excluding hydrogens is 644 g/mol. The Labute approximate surface area is 281 Å². The molecule has 1 saturated heterocycles. The zero-order valence-corrected chi connectivity index (χ0v) is 26.8. The Morgan fingerprint density at radius 1 is 0.837 bits per heavy atom. The average molecular weight is 685 g/mol. The molecule has 1 aliphatic heterocycles. The van der Waals surface area contributed by atoms with E-state index < -0.39 is 104 Å². The van der Waals surface area contributed by atoms with Crippen LogP contribution in [0.25, 0.3) is 0 Å².